The second-order valence-corrected chi connectivity index (χ2v) is 7.70. The number of nitrogens with zero attached hydrogens (tertiary/aromatic N) is 2. The van der Waals surface area contributed by atoms with Crippen LogP contribution in [-0.4, -0.2) is 21.6 Å². The summed E-state index contributed by atoms with van der Waals surface area (Å²) in [4.78, 5) is 24.6. The zero-order chi connectivity index (χ0) is 22.5. The molecule has 4 rings (SSSR count). The molecule has 0 saturated carbocycles. The number of aryl methyl sites for hydroxylation is 1. The Kier molecular flexibility index (Phi) is 6.37. The molecule has 2 amide bonds. The van der Waals surface area contributed by atoms with E-state index < -0.39 is 0 Å². The molecule has 0 unspecified atom stereocenters. The van der Waals surface area contributed by atoms with Crippen LogP contribution in [0.4, 0.5) is 11.4 Å². The molecule has 32 heavy (non-hydrogen) atoms. The average Bonchev–Trinajstić information content (AvgIpc) is 3.44. The average molecular weight is 495 g/mol. The largest absolute Gasteiger partial charge is 0.484 e. The summed E-state index contributed by atoms with van der Waals surface area (Å²) in [6.07, 6.45) is 1.69. The number of anilines is 2. The minimum absolute atomic E-state index is 0.170. The molecule has 9 heteroatoms. The molecule has 2 aromatic carbocycles. The standard InChI is InChI=1S/C23H19BrN4O4/c1-28-13-12-19(27-28)22(29)25-15-6-8-16(9-7-15)26-23(30)21-11-10-17(32-21)14-31-20-5-3-2-4-18(20)24/h2-13H,14H2,1H3,(H,25,29)(H,26,30). The Morgan fingerprint density at radius 3 is 2.31 bits per heavy atom. The number of benzene rings is 2. The van der Waals surface area contributed by atoms with E-state index in [-0.39, 0.29) is 24.2 Å². The summed E-state index contributed by atoms with van der Waals surface area (Å²) < 4.78 is 13.7. The molecular formula is C23H19BrN4O4. The van der Waals surface area contributed by atoms with Crippen molar-refractivity contribution in [3.63, 3.8) is 0 Å². The topological polar surface area (TPSA) is 98.4 Å². The van der Waals surface area contributed by atoms with Crippen molar-refractivity contribution in [1.29, 1.82) is 0 Å². The number of para-hydroxylation sites is 1. The first-order chi connectivity index (χ1) is 15.5. The molecule has 0 aliphatic heterocycles. The Morgan fingerprint density at radius 1 is 0.969 bits per heavy atom. The highest BCUT2D eigenvalue weighted by Crippen LogP contribution is 2.25. The molecule has 2 N–H and O–H groups in total. The third-order valence-corrected chi connectivity index (χ3v) is 5.09. The molecule has 0 aliphatic carbocycles. The Balaban J connectivity index is 1.32. The van der Waals surface area contributed by atoms with Crippen molar-refractivity contribution in [2.24, 2.45) is 7.05 Å². The monoisotopic (exact) mass is 494 g/mol. The van der Waals surface area contributed by atoms with E-state index in [1.807, 2.05) is 24.3 Å². The van der Waals surface area contributed by atoms with Crippen molar-refractivity contribution in [2.75, 3.05) is 10.6 Å². The predicted molar refractivity (Wildman–Crippen MR) is 123 cm³/mol. The van der Waals surface area contributed by atoms with Crippen LogP contribution in [0.5, 0.6) is 5.75 Å². The van der Waals surface area contributed by atoms with Gasteiger partial charge in [-0.05, 0) is 70.5 Å². The van der Waals surface area contributed by atoms with Gasteiger partial charge in [0, 0.05) is 24.6 Å². The Labute approximate surface area is 192 Å². The van der Waals surface area contributed by atoms with E-state index >= 15 is 0 Å². The predicted octanol–water partition coefficient (Wildman–Crippen LogP) is 4.86. The summed E-state index contributed by atoms with van der Waals surface area (Å²) in [6.45, 7) is 0.195. The van der Waals surface area contributed by atoms with Gasteiger partial charge in [-0.3, -0.25) is 14.3 Å². The quantitative estimate of drug-likeness (QED) is 0.382. The highest BCUT2D eigenvalue weighted by molar-refractivity contribution is 9.10. The second kappa shape index (κ2) is 9.52. The summed E-state index contributed by atoms with van der Waals surface area (Å²) in [5.74, 6) is 0.685. The molecule has 0 bridgehead atoms. The first-order valence-corrected chi connectivity index (χ1v) is 10.5. The van der Waals surface area contributed by atoms with Gasteiger partial charge in [0.25, 0.3) is 11.8 Å². The van der Waals surface area contributed by atoms with Crippen molar-refractivity contribution in [3.8, 4) is 5.75 Å². The van der Waals surface area contributed by atoms with E-state index in [0.717, 1.165) is 4.47 Å². The van der Waals surface area contributed by atoms with E-state index in [1.165, 1.54) is 0 Å². The first kappa shape index (κ1) is 21.4. The number of carbonyl (C=O) groups excluding carboxylic acids is 2. The maximum absolute atomic E-state index is 12.5. The van der Waals surface area contributed by atoms with Crippen LogP contribution in [0.2, 0.25) is 0 Å². The van der Waals surface area contributed by atoms with E-state index in [2.05, 4.69) is 31.7 Å². The smallest absolute Gasteiger partial charge is 0.291 e. The van der Waals surface area contributed by atoms with Gasteiger partial charge < -0.3 is 19.8 Å². The van der Waals surface area contributed by atoms with Gasteiger partial charge in [-0.15, -0.1) is 0 Å². The third-order valence-electron chi connectivity index (χ3n) is 4.44. The van der Waals surface area contributed by atoms with Gasteiger partial charge in [-0.2, -0.15) is 5.10 Å². The molecule has 8 nitrogen and oxygen atoms in total. The highest BCUT2D eigenvalue weighted by atomic mass is 79.9. The van der Waals surface area contributed by atoms with Crippen LogP contribution >= 0.6 is 15.9 Å². The van der Waals surface area contributed by atoms with Crippen LogP contribution in [0.3, 0.4) is 0 Å². The molecular weight excluding hydrogens is 476 g/mol. The minimum Gasteiger partial charge on any atom is -0.484 e. The van der Waals surface area contributed by atoms with Gasteiger partial charge in [0.1, 0.15) is 18.1 Å². The van der Waals surface area contributed by atoms with Crippen LogP contribution < -0.4 is 15.4 Å². The molecule has 0 spiro atoms. The SMILES string of the molecule is Cn1ccc(C(=O)Nc2ccc(NC(=O)c3ccc(COc4ccccc4Br)o3)cc2)n1. The zero-order valence-electron chi connectivity index (χ0n) is 17.0. The third kappa shape index (κ3) is 5.25. The number of amides is 2. The summed E-state index contributed by atoms with van der Waals surface area (Å²) >= 11 is 3.42. The van der Waals surface area contributed by atoms with Crippen molar-refractivity contribution < 1.29 is 18.7 Å². The van der Waals surface area contributed by atoms with Crippen molar-refractivity contribution in [1.82, 2.24) is 9.78 Å². The van der Waals surface area contributed by atoms with Crippen LogP contribution in [-0.2, 0) is 13.7 Å². The number of furan rings is 1. The van der Waals surface area contributed by atoms with Gasteiger partial charge in [-0.1, -0.05) is 12.1 Å². The number of hydrogen-bond acceptors (Lipinski definition) is 5. The van der Waals surface area contributed by atoms with Crippen LogP contribution in [0.25, 0.3) is 0 Å². The second-order valence-electron chi connectivity index (χ2n) is 6.85. The number of rotatable bonds is 7. The molecule has 162 valence electrons. The molecule has 0 aliphatic rings. The van der Waals surface area contributed by atoms with Crippen molar-refractivity contribution in [2.45, 2.75) is 6.61 Å². The van der Waals surface area contributed by atoms with E-state index in [0.29, 0.717) is 28.6 Å². The van der Waals surface area contributed by atoms with Crippen molar-refractivity contribution >= 4 is 39.1 Å². The lowest BCUT2D eigenvalue weighted by Gasteiger charge is -2.07. The summed E-state index contributed by atoms with van der Waals surface area (Å²) in [7, 11) is 1.74. The van der Waals surface area contributed by atoms with E-state index in [4.69, 9.17) is 9.15 Å². The number of hydrogen-bond donors (Lipinski definition) is 2. The number of halogens is 1. The number of ether oxygens (including phenoxy) is 1. The summed E-state index contributed by atoms with van der Waals surface area (Å²) in [5.41, 5.74) is 1.47. The van der Waals surface area contributed by atoms with Crippen LogP contribution in [0.1, 0.15) is 26.8 Å². The fourth-order valence-corrected chi connectivity index (χ4v) is 3.25. The Bertz CT molecular complexity index is 1250. The van der Waals surface area contributed by atoms with Gasteiger partial charge in [-0.25, -0.2) is 0 Å². The lowest BCUT2D eigenvalue weighted by atomic mass is 10.2. The highest BCUT2D eigenvalue weighted by Gasteiger charge is 2.13. The van der Waals surface area contributed by atoms with Gasteiger partial charge in [0.05, 0.1) is 4.47 Å². The number of aromatic nitrogens is 2. The molecule has 2 heterocycles. The molecule has 4 aromatic rings. The fraction of sp³-hybridized carbons (Fsp3) is 0.0870. The maximum atomic E-state index is 12.5. The lowest BCUT2D eigenvalue weighted by molar-refractivity contribution is 0.0990. The Hall–Kier alpha value is -3.85. The normalized spacial score (nSPS) is 10.6. The van der Waals surface area contributed by atoms with Gasteiger partial charge >= 0.3 is 0 Å². The maximum Gasteiger partial charge on any atom is 0.291 e. The zero-order valence-corrected chi connectivity index (χ0v) is 18.6. The molecule has 0 radical (unpaired) electrons. The summed E-state index contributed by atoms with van der Waals surface area (Å²) in [5, 5.41) is 9.58. The molecule has 0 atom stereocenters. The number of nitrogens with one attached hydrogen (secondary N) is 2. The van der Waals surface area contributed by atoms with Crippen LogP contribution in [0.15, 0.2) is 81.8 Å². The van der Waals surface area contributed by atoms with Crippen molar-refractivity contribution in [3.05, 3.63) is 94.6 Å². The lowest BCUT2D eigenvalue weighted by Crippen LogP contribution is -2.13. The fourth-order valence-electron chi connectivity index (χ4n) is 2.85. The van der Waals surface area contributed by atoms with E-state index in [1.54, 1.807) is 60.4 Å². The Morgan fingerprint density at radius 2 is 1.66 bits per heavy atom. The number of carbonyl (C=O) groups is 2. The molecule has 0 fully saturated rings. The van der Waals surface area contributed by atoms with Gasteiger partial charge in [0.15, 0.2) is 11.5 Å². The van der Waals surface area contributed by atoms with Crippen LogP contribution in [0, 0.1) is 0 Å². The minimum atomic E-state index is -0.387. The molecule has 2 aromatic heterocycles. The van der Waals surface area contributed by atoms with E-state index in [9.17, 15) is 9.59 Å². The molecule has 0 saturated heterocycles. The van der Waals surface area contributed by atoms with Gasteiger partial charge in [0.2, 0.25) is 0 Å². The first-order valence-electron chi connectivity index (χ1n) is 9.66. The summed E-state index contributed by atoms with van der Waals surface area (Å²) in [6, 6.07) is 19.2.